The molecule has 4 rings (SSSR count). The Bertz CT molecular complexity index is 1230. The van der Waals surface area contributed by atoms with E-state index in [-0.39, 0.29) is 5.91 Å². The van der Waals surface area contributed by atoms with Gasteiger partial charge in [-0.1, -0.05) is 12.1 Å². The third-order valence-electron chi connectivity index (χ3n) is 5.44. The van der Waals surface area contributed by atoms with Crippen molar-refractivity contribution in [1.82, 2.24) is 14.5 Å². The third-order valence-corrected chi connectivity index (χ3v) is 5.44. The van der Waals surface area contributed by atoms with Crippen molar-refractivity contribution in [2.75, 3.05) is 21.3 Å². The molecule has 0 bridgehead atoms. The Labute approximate surface area is 181 Å². The van der Waals surface area contributed by atoms with Gasteiger partial charge in [0.05, 0.1) is 25.3 Å². The predicted octanol–water partition coefficient (Wildman–Crippen LogP) is 4.62. The fourth-order valence-electron chi connectivity index (χ4n) is 3.67. The Balaban J connectivity index is 1.53. The molecule has 6 heteroatoms. The minimum Gasteiger partial charge on any atom is -0.493 e. The van der Waals surface area contributed by atoms with Crippen molar-refractivity contribution < 1.29 is 14.3 Å². The number of imidazole rings is 1. The molecule has 1 heterocycles. The fraction of sp³-hybridized carbons (Fsp3) is 0.200. The van der Waals surface area contributed by atoms with Crippen LogP contribution in [-0.4, -0.2) is 41.6 Å². The number of hydrogen-bond acceptors (Lipinski definition) is 4. The number of amides is 1. The van der Waals surface area contributed by atoms with Gasteiger partial charge < -0.3 is 14.4 Å². The highest BCUT2D eigenvalue weighted by Gasteiger charge is 2.16. The second-order valence-electron chi connectivity index (χ2n) is 7.45. The normalized spacial score (nSPS) is 10.8. The summed E-state index contributed by atoms with van der Waals surface area (Å²) in [7, 11) is 5.02. The van der Waals surface area contributed by atoms with Gasteiger partial charge in [0.2, 0.25) is 0 Å². The van der Waals surface area contributed by atoms with Crippen LogP contribution in [0.2, 0.25) is 0 Å². The van der Waals surface area contributed by atoms with Crippen LogP contribution < -0.4 is 9.47 Å². The van der Waals surface area contributed by atoms with E-state index in [1.165, 1.54) is 0 Å². The molecule has 158 valence electrons. The number of carbonyl (C=O) groups is 1. The number of aromatic nitrogens is 2. The van der Waals surface area contributed by atoms with Crippen LogP contribution in [0.15, 0.2) is 67.0 Å². The molecular formula is C25H25N3O3. The molecule has 0 N–H and O–H groups in total. The molecule has 0 fully saturated rings. The summed E-state index contributed by atoms with van der Waals surface area (Å²) in [5.41, 5.74) is 5.61. The van der Waals surface area contributed by atoms with E-state index in [2.05, 4.69) is 4.98 Å². The van der Waals surface area contributed by atoms with Gasteiger partial charge in [0.1, 0.15) is 6.33 Å². The summed E-state index contributed by atoms with van der Waals surface area (Å²) in [5, 5.41) is 0. The van der Waals surface area contributed by atoms with E-state index < -0.39 is 0 Å². The molecule has 0 atom stereocenters. The molecule has 0 unspecified atom stereocenters. The van der Waals surface area contributed by atoms with Crippen molar-refractivity contribution in [3.8, 4) is 17.2 Å². The highest BCUT2D eigenvalue weighted by Crippen LogP contribution is 2.31. The molecule has 1 amide bonds. The molecule has 4 aromatic rings. The lowest BCUT2D eigenvalue weighted by molar-refractivity contribution is 0.0785. The quantitative estimate of drug-likeness (QED) is 0.461. The zero-order valence-corrected chi connectivity index (χ0v) is 18.1. The van der Waals surface area contributed by atoms with E-state index >= 15 is 0 Å². The van der Waals surface area contributed by atoms with E-state index in [1.54, 1.807) is 32.5 Å². The third kappa shape index (κ3) is 3.97. The molecule has 0 spiro atoms. The van der Waals surface area contributed by atoms with Crippen LogP contribution >= 0.6 is 0 Å². The maximum atomic E-state index is 13.0. The Morgan fingerprint density at radius 1 is 1.00 bits per heavy atom. The molecule has 0 saturated carbocycles. The Kier molecular flexibility index (Phi) is 5.62. The zero-order valence-electron chi connectivity index (χ0n) is 18.1. The van der Waals surface area contributed by atoms with E-state index in [4.69, 9.17) is 9.47 Å². The molecule has 3 aromatic carbocycles. The summed E-state index contributed by atoms with van der Waals surface area (Å²) in [6, 6.07) is 19.4. The molecule has 0 aliphatic carbocycles. The van der Waals surface area contributed by atoms with Crippen molar-refractivity contribution in [2.45, 2.75) is 13.5 Å². The van der Waals surface area contributed by atoms with Gasteiger partial charge in [0, 0.05) is 24.8 Å². The SMILES string of the molecule is COc1cc(C)c(CN(C)C(=O)c2ccc(-n3cnc4ccccc43)cc2)cc1OC. The molecule has 0 aliphatic rings. The van der Waals surface area contributed by atoms with Crippen LogP contribution in [0.1, 0.15) is 21.5 Å². The fourth-order valence-corrected chi connectivity index (χ4v) is 3.67. The number of hydrogen-bond donors (Lipinski definition) is 0. The first kappa shape index (κ1) is 20.5. The summed E-state index contributed by atoms with van der Waals surface area (Å²) < 4.78 is 12.8. The lowest BCUT2D eigenvalue weighted by Gasteiger charge is -2.20. The Hall–Kier alpha value is -3.80. The molecule has 1 aromatic heterocycles. The van der Waals surface area contributed by atoms with Gasteiger partial charge in [-0.3, -0.25) is 9.36 Å². The largest absolute Gasteiger partial charge is 0.493 e. The number of aryl methyl sites for hydroxylation is 1. The maximum Gasteiger partial charge on any atom is 0.253 e. The summed E-state index contributed by atoms with van der Waals surface area (Å²) >= 11 is 0. The van der Waals surface area contributed by atoms with Crippen molar-refractivity contribution in [1.29, 1.82) is 0 Å². The van der Waals surface area contributed by atoms with Gasteiger partial charge in [-0.25, -0.2) is 4.98 Å². The first-order valence-corrected chi connectivity index (χ1v) is 10.0. The average Bonchev–Trinajstić information content (AvgIpc) is 3.23. The number of para-hydroxylation sites is 2. The lowest BCUT2D eigenvalue weighted by atomic mass is 10.1. The predicted molar refractivity (Wildman–Crippen MR) is 121 cm³/mol. The second-order valence-corrected chi connectivity index (χ2v) is 7.45. The summed E-state index contributed by atoms with van der Waals surface area (Å²) in [6.07, 6.45) is 1.80. The lowest BCUT2D eigenvalue weighted by Crippen LogP contribution is -2.26. The van der Waals surface area contributed by atoms with Crippen LogP contribution in [0.25, 0.3) is 16.7 Å². The number of benzene rings is 3. The Morgan fingerprint density at radius 3 is 2.39 bits per heavy atom. The summed E-state index contributed by atoms with van der Waals surface area (Å²) in [4.78, 5) is 19.1. The van der Waals surface area contributed by atoms with Crippen LogP contribution in [0.4, 0.5) is 0 Å². The van der Waals surface area contributed by atoms with E-state index in [0.717, 1.165) is 27.8 Å². The topological polar surface area (TPSA) is 56.6 Å². The number of fused-ring (bicyclic) bond motifs is 1. The van der Waals surface area contributed by atoms with Crippen molar-refractivity contribution in [3.63, 3.8) is 0 Å². The van der Waals surface area contributed by atoms with Crippen LogP contribution in [0, 0.1) is 6.92 Å². The molecule has 0 aliphatic heterocycles. The molecule has 31 heavy (non-hydrogen) atoms. The monoisotopic (exact) mass is 415 g/mol. The van der Waals surface area contributed by atoms with Crippen LogP contribution in [0.5, 0.6) is 11.5 Å². The van der Waals surface area contributed by atoms with Gasteiger partial charge in [0.15, 0.2) is 11.5 Å². The molecule has 0 saturated heterocycles. The number of ether oxygens (including phenoxy) is 2. The Morgan fingerprint density at radius 2 is 1.68 bits per heavy atom. The van der Waals surface area contributed by atoms with E-state index in [9.17, 15) is 4.79 Å². The second kappa shape index (κ2) is 8.52. The number of nitrogens with zero attached hydrogens (tertiary/aromatic N) is 3. The highest BCUT2D eigenvalue weighted by molar-refractivity contribution is 5.94. The van der Waals surface area contributed by atoms with E-state index in [0.29, 0.717) is 23.6 Å². The number of methoxy groups -OCH3 is 2. The minimum atomic E-state index is -0.0452. The van der Waals surface area contributed by atoms with Crippen LogP contribution in [-0.2, 0) is 6.54 Å². The van der Waals surface area contributed by atoms with Gasteiger partial charge in [-0.2, -0.15) is 0 Å². The van der Waals surface area contributed by atoms with Crippen molar-refractivity contribution in [3.05, 3.63) is 83.7 Å². The molecular weight excluding hydrogens is 390 g/mol. The van der Waals surface area contributed by atoms with Gasteiger partial charge in [0.25, 0.3) is 5.91 Å². The van der Waals surface area contributed by atoms with Gasteiger partial charge in [-0.15, -0.1) is 0 Å². The van der Waals surface area contributed by atoms with Crippen LogP contribution in [0.3, 0.4) is 0 Å². The highest BCUT2D eigenvalue weighted by atomic mass is 16.5. The zero-order chi connectivity index (χ0) is 22.0. The van der Waals surface area contributed by atoms with Crippen molar-refractivity contribution in [2.24, 2.45) is 0 Å². The number of rotatable bonds is 6. The standard InChI is InChI=1S/C25H25N3O3/c1-17-13-23(30-3)24(31-4)14-19(17)15-27(2)25(29)18-9-11-20(12-10-18)28-16-26-21-7-5-6-8-22(21)28/h5-14,16H,15H2,1-4H3. The summed E-state index contributed by atoms with van der Waals surface area (Å²) in [6.45, 7) is 2.47. The first-order chi connectivity index (χ1) is 15.0. The minimum absolute atomic E-state index is 0.0452. The summed E-state index contributed by atoms with van der Waals surface area (Å²) in [5.74, 6) is 1.29. The van der Waals surface area contributed by atoms with Crippen molar-refractivity contribution >= 4 is 16.9 Å². The molecule has 0 radical (unpaired) electrons. The van der Waals surface area contributed by atoms with E-state index in [1.807, 2.05) is 72.2 Å². The van der Waals surface area contributed by atoms with Gasteiger partial charge >= 0.3 is 0 Å². The number of carbonyl (C=O) groups excluding carboxylic acids is 1. The smallest absolute Gasteiger partial charge is 0.253 e. The molecule has 6 nitrogen and oxygen atoms in total. The van der Waals surface area contributed by atoms with Gasteiger partial charge in [-0.05, 0) is 66.6 Å². The maximum absolute atomic E-state index is 13.0. The average molecular weight is 415 g/mol. The first-order valence-electron chi connectivity index (χ1n) is 10.0.